The number of nitrogen functional groups attached to an aromatic ring is 1. The van der Waals surface area contributed by atoms with Gasteiger partial charge in [0.2, 0.25) is 0 Å². The zero-order chi connectivity index (χ0) is 15.6. The molecule has 21 heavy (non-hydrogen) atoms. The maximum absolute atomic E-state index is 12.8. The largest absolute Gasteiger partial charge is 0.496 e. The molecule has 2 N–H and O–H groups in total. The van der Waals surface area contributed by atoms with Crippen molar-refractivity contribution in [3.05, 3.63) is 23.8 Å². The SMILES string of the molecule is COc1cccc(N)c1C(=O)N1CCCC(C(F)(F)F)C1. The summed E-state index contributed by atoms with van der Waals surface area (Å²) >= 11 is 0. The summed E-state index contributed by atoms with van der Waals surface area (Å²) in [5.41, 5.74) is 6.11. The molecular formula is C14H17F3N2O2. The van der Waals surface area contributed by atoms with Crippen LogP contribution in [-0.4, -0.2) is 37.2 Å². The lowest BCUT2D eigenvalue weighted by Crippen LogP contribution is -2.44. The molecule has 7 heteroatoms. The van der Waals surface area contributed by atoms with Crippen molar-refractivity contribution in [3.63, 3.8) is 0 Å². The van der Waals surface area contributed by atoms with Gasteiger partial charge < -0.3 is 15.4 Å². The standard InChI is InChI=1S/C14H17F3N2O2/c1-21-11-6-2-5-10(18)12(11)13(20)19-7-3-4-9(8-19)14(15,16)17/h2,5-6,9H,3-4,7-8,18H2,1H3. The number of hydrogen-bond donors (Lipinski definition) is 1. The summed E-state index contributed by atoms with van der Waals surface area (Å²) < 4.78 is 43.5. The van der Waals surface area contributed by atoms with Gasteiger partial charge in [-0.2, -0.15) is 13.2 Å². The van der Waals surface area contributed by atoms with Gasteiger partial charge in [-0.1, -0.05) is 6.07 Å². The van der Waals surface area contributed by atoms with Crippen LogP contribution in [-0.2, 0) is 0 Å². The van der Waals surface area contributed by atoms with E-state index in [1.54, 1.807) is 12.1 Å². The Kier molecular flexibility index (Phi) is 4.29. The van der Waals surface area contributed by atoms with Crippen molar-refractivity contribution in [2.45, 2.75) is 19.0 Å². The zero-order valence-electron chi connectivity index (χ0n) is 11.6. The number of nitrogens with two attached hydrogens (primary N) is 1. The Bertz CT molecular complexity index is 531. The lowest BCUT2D eigenvalue weighted by molar-refractivity contribution is -0.184. The van der Waals surface area contributed by atoms with Gasteiger partial charge in [-0.05, 0) is 25.0 Å². The van der Waals surface area contributed by atoms with Crippen LogP contribution in [0.15, 0.2) is 18.2 Å². The first-order valence-corrected chi connectivity index (χ1v) is 6.63. The van der Waals surface area contributed by atoms with E-state index < -0.39 is 18.0 Å². The van der Waals surface area contributed by atoms with Crippen molar-refractivity contribution in [3.8, 4) is 5.75 Å². The van der Waals surface area contributed by atoms with E-state index in [1.807, 2.05) is 0 Å². The van der Waals surface area contributed by atoms with E-state index in [4.69, 9.17) is 10.5 Å². The van der Waals surface area contributed by atoms with Gasteiger partial charge in [-0.15, -0.1) is 0 Å². The van der Waals surface area contributed by atoms with Crippen molar-refractivity contribution in [2.75, 3.05) is 25.9 Å². The molecule has 1 saturated heterocycles. The molecule has 1 amide bonds. The Morgan fingerprint density at radius 1 is 1.43 bits per heavy atom. The van der Waals surface area contributed by atoms with Crippen LogP contribution in [0.5, 0.6) is 5.75 Å². The molecule has 0 bridgehead atoms. The lowest BCUT2D eigenvalue weighted by Gasteiger charge is -2.34. The number of piperidine rings is 1. The molecule has 1 heterocycles. The molecule has 1 aliphatic heterocycles. The maximum atomic E-state index is 12.8. The van der Waals surface area contributed by atoms with Crippen molar-refractivity contribution < 1.29 is 22.7 Å². The molecule has 1 aliphatic rings. The van der Waals surface area contributed by atoms with E-state index in [-0.39, 0.29) is 30.0 Å². The van der Waals surface area contributed by atoms with Crippen LogP contribution < -0.4 is 10.5 Å². The van der Waals surface area contributed by atoms with Gasteiger partial charge in [0.05, 0.1) is 13.0 Å². The highest BCUT2D eigenvalue weighted by molar-refractivity contribution is 6.01. The number of carbonyl (C=O) groups is 1. The van der Waals surface area contributed by atoms with Crippen LogP contribution >= 0.6 is 0 Å². The van der Waals surface area contributed by atoms with Crippen molar-refractivity contribution in [1.82, 2.24) is 4.90 Å². The minimum Gasteiger partial charge on any atom is -0.496 e. The molecule has 2 rings (SSSR count). The second-order valence-corrected chi connectivity index (χ2v) is 5.06. The Morgan fingerprint density at radius 3 is 2.76 bits per heavy atom. The molecule has 0 radical (unpaired) electrons. The van der Waals surface area contributed by atoms with E-state index in [2.05, 4.69) is 0 Å². The number of nitrogens with zero attached hydrogens (tertiary/aromatic N) is 1. The smallest absolute Gasteiger partial charge is 0.393 e. The number of alkyl halides is 3. The Morgan fingerprint density at radius 2 is 2.14 bits per heavy atom. The van der Waals surface area contributed by atoms with E-state index in [0.717, 1.165) is 0 Å². The highest BCUT2D eigenvalue weighted by Crippen LogP contribution is 2.34. The molecule has 1 unspecified atom stereocenters. The van der Waals surface area contributed by atoms with E-state index >= 15 is 0 Å². The van der Waals surface area contributed by atoms with Crippen LogP contribution in [0.4, 0.5) is 18.9 Å². The fourth-order valence-electron chi connectivity index (χ4n) is 2.53. The number of methoxy groups -OCH3 is 1. The Labute approximate surface area is 120 Å². The summed E-state index contributed by atoms with van der Waals surface area (Å²) in [6, 6.07) is 4.72. The average Bonchev–Trinajstić information content (AvgIpc) is 2.45. The summed E-state index contributed by atoms with van der Waals surface area (Å²) in [5.74, 6) is -1.72. The van der Waals surface area contributed by atoms with Crippen LogP contribution in [0, 0.1) is 5.92 Å². The molecule has 0 spiro atoms. The first-order valence-electron chi connectivity index (χ1n) is 6.63. The predicted octanol–water partition coefficient (Wildman–Crippen LogP) is 2.69. The fraction of sp³-hybridized carbons (Fsp3) is 0.500. The normalized spacial score (nSPS) is 19.4. The van der Waals surface area contributed by atoms with Crippen LogP contribution in [0.3, 0.4) is 0 Å². The molecule has 0 aromatic heterocycles. The molecule has 0 aliphatic carbocycles. The lowest BCUT2D eigenvalue weighted by atomic mass is 9.96. The third-order valence-electron chi connectivity index (χ3n) is 3.66. The number of ether oxygens (including phenoxy) is 1. The number of likely N-dealkylation sites (tertiary alicyclic amines) is 1. The summed E-state index contributed by atoms with van der Waals surface area (Å²) in [6.45, 7) is -0.0390. The Balaban J connectivity index is 2.24. The maximum Gasteiger partial charge on any atom is 0.393 e. The number of carbonyl (C=O) groups excluding carboxylic acids is 1. The summed E-state index contributed by atoms with van der Waals surface area (Å²) in [4.78, 5) is 13.7. The van der Waals surface area contributed by atoms with Gasteiger partial charge in [0.15, 0.2) is 0 Å². The van der Waals surface area contributed by atoms with Gasteiger partial charge in [-0.3, -0.25) is 4.79 Å². The third-order valence-corrected chi connectivity index (χ3v) is 3.66. The monoisotopic (exact) mass is 302 g/mol. The molecule has 1 atom stereocenters. The number of amides is 1. The minimum absolute atomic E-state index is 0.0503. The number of halogens is 3. The number of rotatable bonds is 2. The van der Waals surface area contributed by atoms with Crippen molar-refractivity contribution in [2.24, 2.45) is 5.92 Å². The molecule has 116 valence electrons. The summed E-state index contributed by atoms with van der Waals surface area (Å²) in [5, 5.41) is 0. The third kappa shape index (κ3) is 3.22. The minimum atomic E-state index is -4.29. The van der Waals surface area contributed by atoms with Crippen LogP contribution in [0.2, 0.25) is 0 Å². The highest BCUT2D eigenvalue weighted by Gasteiger charge is 2.43. The van der Waals surface area contributed by atoms with Gasteiger partial charge >= 0.3 is 6.18 Å². The van der Waals surface area contributed by atoms with Gasteiger partial charge in [0, 0.05) is 18.8 Å². The van der Waals surface area contributed by atoms with Gasteiger partial charge in [-0.25, -0.2) is 0 Å². The second kappa shape index (κ2) is 5.83. The van der Waals surface area contributed by atoms with E-state index in [9.17, 15) is 18.0 Å². The number of hydrogen-bond acceptors (Lipinski definition) is 3. The van der Waals surface area contributed by atoms with Crippen LogP contribution in [0.1, 0.15) is 23.2 Å². The van der Waals surface area contributed by atoms with Gasteiger partial charge in [0.1, 0.15) is 11.3 Å². The molecule has 1 aromatic carbocycles. The average molecular weight is 302 g/mol. The first kappa shape index (κ1) is 15.5. The van der Waals surface area contributed by atoms with Gasteiger partial charge in [0.25, 0.3) is 5.91 Å². The molecule has 1 fully saturated rings. The van der Waals surface area contributed by atoms with Crippen LogP contribution in [0.25, 0.3) is 0 Å². The predicted molar refractivity (Wildman–Crippen MR) is 72.1 cm³/mol. The summed E-state index contributed by atoms with van der Waals surface area (Å²) in [6.07, 6.45) is -3.91. The summed E-state index contributed by atoms with van der Waals surface area (Å²) in [7, 11) is 1.39. The molecule has 4 nitrogen and oxygen atoms in total. The van der Waals surface area contributed by atoms with E-state index in [1.165, 1.54) is 18.1 Å². The first-order chi connectivity index (χ1) is 9.84. The Hall–Kier alpha value is -1.92. The second-order valence-electron chi connectivity index (χ2n) is 5.06. The topological polar surface area (TPSA) is 55.6 Å². The van der Waals surface area contributed by atoms with Crippen molar-refractivity contribution in [1.29, 1.82) is 0 Å². The number of anilines is 1. The van der Waals surface area contributed by atoms with E-state index in [0.29, 0.717) is 13.0 Å². The molecule has 0 saturated carbocycles. The molecule has 1 aromatic rings. The zero-order valence-corrected chi connectivity index (χ0v) is 11.6. The molecular weight excluding hydrogens is 285 g/mol. The highest BCUT2D eigenvalue weighted by atomic mass is 19.4. The van der Waals surface area contributed by atoms with Crippen molar-refractivity contribution >= 4 is 11.6 Å². The fourth-order valence-corrected chi connectivity index (χ4v) is 2.53. The quantitative estimate of drug-likeness (QED) is 0.855. The number of benzene rings is 1.